The first-order valence-corrected chi connectivity index (χ1v) is 6.47. The van der Waals surface area contributed by atoms with E-state index in [2.05, 4.69) is 15.1 Å². The summed E-state index contributed by atoms with van der Waals surface area (Å²) in [7, 11) is 3.78. The molecule has 1 aromatic heterocycles. The Bertz CT molecular complexity index is 392. The molecule has 1 aliphatic rings. The number of ether oxygens (including phenoxy) is 1. The first-order chi connectivity index (χ1) is 8.65. The first kappa shape index (κ1) is 13.5. The predicted octanol–water partition coefficient (Wildman–Crippen LogP) is 0.0616. The van der Waals surface area contributed by atoms with E-state index in [0.29, 0.717) is 18.7 Å². The fraction of sp³-hybridized carbons (Fsp3) is 0.833. The normalized spacial score (nSPS) is 25.6. The highest BCUT2D eigenvalue weighted by molar-refractivity contribution is 4.94. The summed E-state index contributed by atoms with van der Waals surface area (Å²) >= 11 is 0. The van der Waals surface area contributed by atoms with Crippen LogP contribution in [0.1, 0.15) is 24.5 Å². The van der Waals surface area contributed by atoms with Crippen LogP contribution in [0.15, 0.2) is 0 Å². The van der Waals surface area contributed by atoms with Crippen LogP contribution in [0.2, 0.25) is 0 Å². The van der Waals surface area contributed by atoms with Gasteiger partial charge in [-0.15, -0.1) is 10.2 Å². The Morgan fingerprint density at radius 2 is 2.22 bits per heavy atom. The molecule has 2 atom stereocenters. The number of nitrogens with two attached hydrogens (primary N) is 1. The molecule has 18 heavy (non-hydrogen) atoms. The fourth-order valence-corrected chi connectivity index (χ4v) is 2.50. The highest BCUT2D eigenvalue weighted by Gasteiger charge is 2.28. The molecule has 2 unspecified atom stereocenters. The second-order valence-corrected chi connectivity index (χ2v) is 4.96. The van der Waals surface area contributed by atoms with Crippen molar-refractivity contribution in [2.24, 2.45) is 12.8 Å². The van der Waals surface area contributed by atoms with Crippen LogP contribution in [0, 0.1) is 6.92 Å². The minimum atomic E-state index is 0.344. The Balaban J connectivity index is 2.02. The highest BCUT2D eigenvalue weighted by atomic mass is 16.5. The summed E-state index contributed by atoms with van der Waals surface area (Å²) in [5, 5.41) is 8.31. The molecule has 6 nitrogen and oxygen atoms in total. The van der Waals surface area contributed by atoms with Crippen LogP contribution in [0.5, 0.6) is 0 Å². The molecule has 0 spiro atoms. The third-order valence-electron chi connectivity index (χ3n) is 3.92. The molecule has 2 N–H and O–H groups in total. The number of rotatable bonds is 4. The molecule has 6 heteroatoms. The van der Waals surface area contributed by atoms with E-state index in [-0.39, 0.29) is 0 Å². The van der Waals surface area contributed by atoms with Gasteiger partial charge in [-0.05, 0) is 19.8 Å². The highest BCUT2D eigenvalue weighted by Crippen LogP contribution is 2.20. The molecule has 1 aromatic rings. The number of hydrogen-bond donors (Lipinski definition) is 1. The number of nitrogens with zero attached hydrogens (tertiary/aromatic N) is 4. The average molecular weight is 253 g/mol. The Labute approximate surface area is 108 Å². The summed E-state index contributed by atoms with van der Waals surface area (Å²) in [5.41, 5.74) is 5.87. The summed E-state index contributed by atoms with van der Waals surface area (Å²) < 4.78 is 7.47. The monoisotopic (exact) mass is 253 g/mol. The van der Waals surface area contributed by atoms with E-state index >= 15 is 0 Å². The zero-order chi connectivity index (χ0) is 13.1. The second kappa shape index (κ2) is 5.77. The van der Waals surface area contributed by atoms with E-state index < -0.39 is 0 Å². The summed E-state index contributed by atoms with van der Waals surface area (Å²) in [6, 6.07) is 0.376. The van der Waals surface area contributed by atoms with Gasteiger partial charge in [0, 0.05) is 33.3 Å². The minimum Gasteiger partial charge on any atom is -0.381 e. The van der Waals surface area contributed by atoms with Gasteiger partial charge in [-0.3, -0.25) is 4.90 Å². The van der Waals surface area contributed by atoms with Gasteiger partial charge in [0.15, 0.2) is 0 Å². The van der Waals surface area contributed by atoms with Gasteiger partial charge in [0.2, 0.25) is 0 Å². The number of hydrogen-bond acceptors (Lipinski definition) is 5. The van der Waals surface area contributed by atoms with Gasteiger partial charge in [-0.25, -0.2) is 0 Å². The van der Waals surface area contributed by atoms with Gasteiger partial charge in [0.05, 0.1) is 12.6 Å². The van der Waals surface area contributed by atoms with E-state index in [1.165, 1.54) is 0 Å². The van der Waals surface area contributed by atoms with Crippen molar-refractivity contribution < 1.29 is 4.74 Å². The zero-order valence-corrected chi connectivity index (χ0v) is 11.5. The van der Waals surface area contributed by atoms with Crippen molar-refractivity contribution in [1.29, 1.82) is 0 Å². The van der Waals surface area contributed by atoms with Crippen LogP contribution < -0.4 is 5.73 Å². The minimum absolute atomic E-state index is 0.344. The second-order valence-electron chi connectivity index (χ2n) is 4.96. The molecule has 1 saturated heterocycles. The quantitative estimate of drug-likeness (QED) is 0.822. The van der Waals surface area contributed by atoms with Crippen molar-refractivity contribution in [3.8, 4) is 0 Å². The Morgan fingerprint density at radius 3 is 2.78 bits per heavy atom. The molecule has 0 aromatic carbocycles. The Hall–Kier alpha value is -0.980. The summed E-state index contributed by atoms with van der Waals surface area (Å²) in [4.78, 5) is 2.39. The number of aromatic nitrogens is 3. The standard InChI is InChI=1S/C12H23N5O/c1-9-14-15-12(16(9)2)8-17-5-4-11(18-3)6-10(17)7-13/h10-11H,4-8,13H2,1-3H3. The molecule has 0 saturated carbocycles. The van der Waals surface area contributed by atoms with E-state index in [1.807, 2.05) is 18.5 Å². The third kappa shape index (κ3) is 2.71. The predicted molar refractivity (Wildman–Crippen MR) is 69.0 cm³/mol. The van der Waals surface area contributed by atoms with Gasteiger partial charge >= 0.3 is 0 Å². The lowest BCUT2D eigenvalue weighted by Crippen LogP contribution is -2.48. The number of piperidine rings is 1. The van der Waals surface area contributed by atoms with Crippen molar-refractivity contribution in [3.63, 3.8) is 0 Å². The van der Waals surface area contributed by atoms with Crippen molar-refractivity contribution in [3.05, 3.63) is 11.6 Å². The van der Waals surface area contributed by atoms with Crippen LogP contribution in [0.3, 0.4) is 0 Å². The molecule has 1 aliphatic heterocycles. The molecule has 0 aliphatic carbocycles. The molecular weight excluding hydrogens is 230 g/mol. The molecule has 0 radical (unpaired) electrons. The number of aryl methyl sites for hydroxylation is 1. The maximum Gasteiger partial charge on any atom is 0.146 e. The van der Waals surface area contributed by atoms with Crippen molar-refractivity contribution in [2.75, 3.05) is 20.2 Å². The van der Waals surface area contributed by atoms with Gasteiger partial charge in [0.25, 0.3) is 0 Å². The number of methoxy groups -OCH3 is 1. The molecule has 1 fully saturated rings. The van der Waals surface area contributed by atoms with E-state index in [4.69, 9.17) is 10.5 Å². The van der Waals surface area contributed by atoms with E-state index in [0.717, 1.165) is 37.6 Å². The smallest absolute Gasteiger partial charge is 0.146 e. The van der Waals surface area contributed by atoms with Crippen LogP contribution in [0.25, 0.3) is 0 Å². The van der Waals surface area contributed by atoms with Crippen LogP contribution in [-0.4, -0.2) is 52.0 Å². The molecule has 2 rings (SSSR count). The maximum atomic E-state index is 5.87. The summed E-state index contributed by atoms with van der Waals surface area (Å²) in [6.07, 6.45) is 2.41. The van der Waals surface area contributed by atoms with E-state index in [9.17, 15) is 0 Å². The topological polar surface area (TPSA) is 69.2 Å². The van der Waals surface area contributed by atoms with Gasteiger partial charge in [-0.1, -0.05) is 0 Å². The lowest BCUT2D eigenvalue weighted by atomic mass is 9.99. The number of likely N-dealkylation sites (tertiary alicyclic amines) is 1. The maximum absolute atomic E-state index is 5.87. The van der Waals surface area contributed by atoms with E-state index in [1.54, 1.807) is 7.11 Å². The summed E-state index contributed by atoms with van der Waals surface area (Å²) in [5.74, 6) is 1.95. The molecule has 0 amide bonds. The van der Waals surface area contributed by atoms with Crippen molar-refractivity contribution in [1.82, 2.24) is 19.7 Å². The molecule has 102 valence electrons. The molecule has 2 heterocycles. The first-order valence-electron chi connectivity index (χ1n) is 6.47. The fourth-order valence-electron chi connectivity index (χ4n) is 2.50. The lowest BCUT2D eigenvalue weighted by molar-refractivity contribution is 0.00899. The van der Waals surface area contributed by atoms with Crippen LogP contribution in [-0.2, 0) is 18.3 Å². The SMILES string of the molecule is COC1CCN(Cc2nnc(C)n2C)C(CN)C1. The van der Waals surface area contributed by atoms with Gasteiger partial charge in [0.1, 0.15) is 11.6 Å². The van der Waals surface area contributed by atoms with Crippen LogP contribution >= 0.6 is 0 Å². The third-order valence-corrected chi connectivity index (χ3v) is 3.92. The van der Waals surface area contributed by atoms with Crippen LogP contribution in [0.4, 0.5) is 0 Å². The molecular formula is C12H23N5O. The van der Waals surface area contributed by atoms with Crippen molar-refractivity contribution >= 4 is 0 Å². The summed E-state index contributed by atoms with van der Waals surface area (Å²) in [6.45, 7) is 4.45. The lowest BCUT2D eigenvalue weighted by Gasteiger charge is -2.38. The average Bonchev–Trinajstić information content (AvgIpc) is 2.71. The largest absolute Gasteiger partial charge is 0.381 e. The van der Waals surface area contributed by atoms with Crippen molar-refractivity contribution in [2.45, 2.75) is 38.5 Å². The molecule has 0 bridgehead atoms. The Kier molecular flexibility index (Phi) is 4.31. The Morgan fingerprint density at radius 1 is 1.44 bits per heavy atom. The van der Waals surface area contributed by atoms with Gasteiger partial charge < -0.3 is 15.0 Å². The van der Waals surface area contributed by atoms with Gasteiger partial charge in [-0.2, -0.15) is 0 Å². The zero-order valence-electron chi connectivity index (χ0n) is 11.5.